The second-order valence-electron chi connectivity index (χ2n) is 6.46. The van der Waals surface area contributed by atoms with Crippen LogP contribution in [0.5, 0.6) is 0 Å². The van der Waals surface area contributed by atoms with Gasteiger partial charge in [0.1, 0.15) is 0 Å². The number of amides is 1. The van der Waals surface area contributed by atoms with Gasteiger partial charge in [-0.3, -0.25) is 9.69 Å². The number of carbonyl (C=O) groups excluding carboxylic acids is 1. The Hall–Kier alpha value is -0.750. The van der Waals surface area contributed by atoms with Gasteiger partial charge in [-0.05, 0) is 39.3 Å². The fourth-order valence-corrected chi connectivity index (χ4v) is 3.05. The summed E-state index contributed by atoms with van der Waals surface area (Å²) < 4.78 is 24.9. The number of likely N-dealkylation sites (N-methyl/N-ethyl adjacent to an activating group) is 2. The van der Waals surface area contributed by atoms with Gasteiger partial charge in [-0.15, -0.1) is 0 Å². The van der Waals surface area contributed by atoms with E-state index in [1.54, 1.807) is 9.80 Å². The summed E-state index contributed by atoms with van der Waals surface area (Å²) in [5.41, 5.74) is 0. The fourth-order valence-electron chi connectivity index (χ4n) is 3.05. The minimum absolute atomic E-state index is 0.109. The first-order valence-corrected chi connectivity index (χ1v) is 7.93. The molecule has 21 heavy (non-hydrogen) atoms. The molecule has 0 N–H and O–H groups in total. The van der Waals surface area contributed by atoms with Crippen LogP contribution in [0.4, 0.5) is 8.78 Å². The summed E-state index contributed by atoms with van der Waals surface area (Å²) in [5, 5.41) is 0. The number of halogens is 2. The molecule has 1 atom stereocenters. The van der Waals surface area contributed by atoms with Crippen molar-refractivity contribution in [1.29, 1.82) is 0 Å². The minimum Gasteiger partial charge on any atom is -0.344 e. The minimum atomic E-state index is -2.32. The first kappa shape index (κ1) is 16.6. The zero-order valence-corrected chi connectivity index (χ0v) is 13.1. The predicted molar refractivity (Wildman–Crippen MR) is 78.5 cm³/mol. The van der Waals surface area contributed by atoms with Gasteiger partial charge in [0, 0.05) is 32.7 Å². The molecule has 0 spiro atoms. The number of hydrogen-bond donors (Lipinski definition) is 0. The van der Waals surface area contributed by atoms with Gasteiger partial charge >= 0.3 is 0 Å². The van der Waals surface area contributed by atoms with Crippen molar-refractivity contribution in [3.05, 3.63) is 0 Å². The maximum Gasteiger partial charge on any atom is 0.251 e. The standard InChI is InChI=1S/C15H27F2N3O/c1-18(13-5-6-13)8-9-19(2)15(21)12-4-3-7-20(10-12)11-14(16)17/h12-14H,3-11H2,1-2H3/t12-/m0/s1. The molecule has 1 aliphatic carbocycles. The molecule has 6 heteroatoms. The third-order valence-electron chi connectivity index (χ3n) is 4.59. The van der Waals surface area contributed by atoms with Crippen molar-refractivity contribution in [3.8, 4) is 0 Å². The maximum atomic E-state index is 12.5. The number of piperidine rings is 1. The quantitative estimate of drug-likeness (QED) is 0.713. The topological polar surface area (TPSA) is 26.8 Å². The Balaban J connectivity index is 1.74. The van der Waals surface area contributed by atoms with E-state index in [0.717, 1.165) is 25.9 Å². The molecule has 0 aromatic rings. The molecule has 2 aliphatic rings. The van der Waals surface area contributed by atoms with Crippen LogP contribution < -0.4 is 0 Å². The van der Waals surface area contributed by atoms with Crippen molar-refractivity contribution < 1.29 is 13.6 Å². The molecule has 4 nitrogen and oxygen atoms in total. The van der Waals surface area contributed by atoms with E-state index < -0.39 is 6.43 Å². The Bertz CT molecular complexity index is 350. The van der Waals surface area contributed by atoms with Crippen molar-refractivity contribution in [1.82, 2.24) is 14.7 Å². The van der Waals surface area contributed by atoms with E-state index in [-0.39, 0.29) is 18.4 Å². The second kappa shape index (κ2) is 7.49. The largest absolute Gasteiger partial charge is 0.344 e. The summed E-state index contributed by atoms with van der Waals surface area (Å²) in [6.45, 7) is 2.56. The summed E-state index contributed by atoms with van der Waals surface area (Å²) in [6.07, 6.45) is 1.86. The maximum absolute atomic E-state index is 12.5. The van der Waals surface area contributed by atoms with Gasteiger partial charge in [0.2, 0.25) is 5.91 Å². The number of likely N-dealkylation sites (tertiary alicyclic amines) is 1. The number of alkyl halides is 2. The zero-order chi connectivity index (χ0) is 15.4. The van der Waals surface area contributed by atoms with E-state index in [9.17, 15) is 13.6 Å². The molecule has 0 aromatic heterocycles. The van der Waals surface area contributed by atoms with Crippen molar-refractivity contribution in [3.63, 3.8) is 0 Å². The van der Waals surface area contributed by atoms with Crippen molar-refractivity contribution >= 4 is 5.91 Å². The van der Waals surface area contributed by atoms with Gasteiger partial charge in [0.15, 0.2) is 0 Å². The van der Waals surface area contributed by atoms with Crippen molar-refractivity contribution in [2.45, 2.75) is 38.2 Å². The van der Waals surface area contributed by atoms with Crippen molar-refractivity contribution in [2.75, 3.05) is 46.8 Å². The van der Waals surface area contributed by atoms with Crippen LogP contribution in [0.2, 0.25) is 0 Å². The first-order chi connectivity index (χ1) is 9.97. The number of nitrogens with zero attached hydrogens (tertiary/aromatic N) is 3. The lowest BCUT2D eigenvalue weighted by Gasteiger charge is -2.34. The smallest absolute Gasteiger partial charge is 0.251 e. The van der Waals surface area contributed by atoms with Crippen LogP contribution in [-0.4, -0.2) is 79.9 Å². The fraction of sp³-hybridized carbons (Fsp3) is 0.933. The number of carbonyl (C=O) groups is 1. The van der Waals surface area contributed by atoms with Gasteiger partial charge in [0.25, 0.3) is 6.43 Å². The predicted octanol–water partition coefficient (Wildman–Crippen LogP) is 1.52. The molecule has 0 radical (unpaired) electrons. The van der Waals surface area contributed by atoms with Crippen LogP contribution in [0.1, 0.15) is 25.7 Å². The summed E-state index contributed by atoms with van der Waals surface area (Å²) in [5.74, 6) is -0.00751. The highest BCUT2D eigenvalue weighted by atomic mass is 19.3. The van der Waals surface area contributed by atoms with Crippen molar-refractivity contribution in [2.24, 2.45) is 5.92 Å². The van der Waals surface area contributed by atoms with Crippen LogP contribution in [-0.2, 0) is 4.79 Å². The molecule has 1 saturated carbocycles. The van der Waals surface area contributed by atoms with Crippen LogP contribution >= 0.6 is 0 Å². The van der Waals surface area contributed by atoms with E-state index >= 15 is 0 Å². The summed E-state index contributed by atoms with van der Waals surface area (Å²) in [4.78, 5) is 18.2. The highest BCUT2D eigenvalue weighted by Crippen LogP contribution is 2.25. The van der Waals surface area contributed by atoms with Crippen LogP contribution in [0.15, 0.2) is 0 Å². The molecule has 1 heterocycles. The Labute approximate surface area is 126 Å². The Morgan fingerprint density at radius 2 is 1.95 bits per heavy atom. The molecule has 1 saturated heterocycles. The lowest BCUT2D eigenvalue weighted by molar-refractivity contribution is -0.136. The molecule has 1 amide bonds. The van der Waals surface area contributed by atoms with Crippen LogP contribution in [0, 0.1) is 5.92 Å². The van der Waals surface area contributed by atoms with E-state index in [2.05, 4.69) is 11.9 Å². The highest BCUT2D eigenvalue weighted by Gasteiger charge is 2.30. The molecular weight excluding hydrogens is 276 g/mol. The zero-order valence-electron chi connectivity index (χ0n) is 13.1. The molecule has 1 aliphatic heterocycles. The van der Waals surface area contributed by atoms with Gasteiger partial charge in [-0.25, -0.2) is 8.78 Å². The lowest BCUT2D eigenvalue weighted by Crippen LogP contribution is -2.46. The van der Waals surface area contributed by atoms with E-state index in [1.165, 1.54) is 12.8 Å². The molecule has 0 unspecified atom stereocenters. The molecular formula is C15H27F2N3O. The molecule has 0 bridgehead atoms. The molecule has 0 aromatic carbocycles. The van der Waals surface area contributed by atoms with Gasteiger partial charge in [-0.2, -0.15) is 0 Å². The van der Waals surface area contributed by atoms with Crippen LogP contribution in [0.25, 0.3) is 0 Å². The second-order valence-corrected chi connectivity index (χ2v) is 6.46. The molecule has 2 fully saturated rings. The average Bonchev–Trinajstić information content (AvgIpc) is 3.27. The summed E-state index contributed by atoms with van der Waals surface area (Å²) in [6, 6.07) is 0.699. The average molecular weight is 303 g/mol. The Kier molecular flexibility index (Phi) is 5.93. The summed E-state index contributed by atoms with van der Waals surface area (Å²) >= 11 is 0. The monoisotopic (exact) mass is 303 g/mol. The summed E-state index contributed by atoms with van der Waals surface area (Å²) in [7, 11) is 3.93. The van der Waals surface area contributed by atoms with Crippen LogP contribution in [0.3, 0.4) is 0 Å². The van der Waals surface area contributed by atoms with Gasteiger partial charge in [0.05, 0.1) is 12.5 Å². The normalized spacial score (nSPS) is 23.8. The van der Waals surface area contributed by atoms with Gasteiger partial charge < -0.3 is 9.80 Å². The van der Waals surface area contributed by atoms with Gasteiger partial charge in [-0.1, -0.05) is 0 Å². The van der Waals surface area contributed by atoms with E-state index in [0.29, 0.717) is 19.1 Å². The number of rotatable bonds is 7. The third-order valence-corrected chi connectivity index (χ3v) is 4.59. The highest BCUT2D eigenvalue weighted by molar-refractivity contribution is 5.78. The molecule has 122 valence electrons. The lowest BCUT2D eigenvalue weighted by atomic mass is 9.96. The first-order valence-electron chi connectivity index (χ1n) is 7.93. The Morgan fingerprint density at radius 1 is 1.24 bits per heavy atom. The molecule has 2 rings (SSSR count). The van der Waals surface area contributed by atoms with E-state index in [1.807, 2.05) is 7.05 Å². The third kappa shape index (κ3) is 5.18. The van der Waals surface area contributed by atoms with E-state index in [4.69, 9.17) is 0 Å². The Morgan fingerprint density at radius 3 is 2.57 bits per heavy atom. The number of hydrogen-bond acceptors (Lipinski definition) is 3. The SMILES string of the molecule is CN(CCN(C)C1CC1)C(=O)[C@H]1CCCN(CC(F)F)C1.